The zero-order valence-electron chi connectivity index (χ0n) is 15.6. The van der Waals surface area contributed by atoms with Crippen LogP contribution < -0.4 is 10.6 Å². The first-order valence-corrected chi connectivity index (χ1v) is 10.3. The monoisotopic (exact) mass is 350 g/mol. The molecule has 136 valence electrons. The number of hydrogen-bond acceptors (Lipinski definition) is 3. The van der Waals surface area contributed by atoms with Gasteiger partial charge in [-0.1, -0.05) is 19.9 Å². The van der Waals surface area contributed by atoms with Gasteiger partial charge in [0.25, 0.3) is 0 Å². The van der Waals surface area contributed by atoms with E-state index in [1.807, 2.05) is 11.3 Å². The quantitative estimate of drug-likeness (QED) is 0.407. The van der Waals surface area contributed by atoms with Crippen molar-refractivity contribution in [1.29, 1.82) is 0 Å². The molecule has 0 amide bonds. The molecule has 2 heterocycles. The molecule has 24 heavy (non-hydrogen) atoms. The van der Waals surface area contributed by atoms with Crippen molar-refractivity contribution < 1.29 is 0 Å². The Bertz CT molecular complexity index is 476. The highest BCUT2D eigenvalue weighted by molar-refractivity contribution is 7.10. The van der Waals surface area contributed by atoms with Gasteiger partial charge in [0.2, 0.25) is 0 Å². The second-order valence-corrected chi connectivity index (χ2v) is 8.19. The van der Waals surface area contributed by atoms with E-state index in [-0.39, 0.29) is 5.41 Å². The van der Waals surface area contributed by atoms with Crippen molar-refractivity contribution >= 4 is 17.3 Å². The summed E-state index contributed by atoms with van der Waals surface area (Å²) in [6.07, 6.45) is 5.24. The van der Waals surface area contributed by atoms with Crippen molar-refractivity contribution in [2.24, 2.45) is 4.99 Å². The van der Waals surface area contributed by atoms with E-state index >= 15 is 0 Å². The lowest BCUT2D eigenvalue weighted by atomic mass is 9.92. The molecular formula is C19H34N4S. The molecule has 1 aliphatic rings. The summed E-state index contributed by atoms with van der Waals surface area (Å²) in [5.41, 5.74) is 0.0896. The Morgan fingerprint density at radius 2 is 2.04 bits per heavy atom. The molecule has 0 atom stereocenters. The van der Waals surface area contributed by atoms with Gasteiger partial charge in [0.05, 0.1) is 6.54 Å². The molecule has 0 aromatic carbocycles. The topological polar surface area (TPSA) is 39.7 Å². The summed E-state index contributed by atoms with van der Waals surface area (Å²) in [5, 5.41) is 9.00. The zero-order valence-corrected chi connectivity index (χ0v) is 16.4. The lowest BCUT2D eigenvalue weighted by molar-refractivity contribution is 0.330. The average molecular weight is 351 g/mol. The predicted molar refractivity (Wildman–Crippen MR) is 106 cm³/mol. The maximum Gasteiger partial charge on any atom is 0.191 e. The summed E-state index contributed by atoms with van der Waals surface area (Å²) in [6.45, 7) is 13.2. The summed E-state index contributed by atoms with van der Waals surface area (Å²) in [4.78, 5) is 8.79. The smallest absolute Gasteiger partial charge is 0.191 e. The number of hydrogen-bond donors (Lipinski definition) is 2. The number of rotatable bonds is 9. The second kappa shape index (κ2) is 10.0. The van der Waals surface area contributed by atoms with Crippen LogP contribution in [-0.4, -0.2) is 50.1 Å². The molecular weight excluding hydrogens is 316 g/mol. The summed E-state index contributed by atoms with van der Waals surface area (Å²) in [7, 11) is 0. The van der Waals surface area contributed by atoms with Gasteiger partial charge < -0.3 is 15.5 Å². The zero-order chi connectivity index (χ0) is 17.3. The van der Waals surface area contributed by atoms with Crippen LogP contribution in [0.4, 0.5) is 0 Å². The van der Waals surface area contributed by atoms with E-state index in [1.54, 1.807) is 0 Å². The predicted octanol–water partition coefficient (Wildman–Crippen LogP) is 3.46. The number of nitrogens with one attached hydrogen (secondary N) is 2. The number of unbranched alkanes of at least 4 members (excludes halogenated alkanes) is 1. The van der Waals surface area contributed by atoms with Crippen molar-refractivity contribution in [3.05, 3.63) is 22.4 Å². The molecule has 2 rings (SSSR count). The van der Waals surface area contributed by atoms with Crippen LogP contribution in [0.25, 0.3) is 0 Å². The SMILES string of the molecule is CCNC(=NCC(C)(C)c1cccs1)NCCCCN1CCCC1. The molecule has 0 spiro atoms. The van der Waals surface area contributed by atoms with Gasteiger partial charge in [0.15, 0.2) is 5.96 Å². The fourth-order valence-corrected chi connectivity index (χ4v) is 3.88. The molecule has 1 aromatic rings. The lowest BCUT2D eigenvalue weighted by Gasteiger charge is -2.22. The highest BCUT2D eigenvalue weighted by Gasteiger charge is 2.21. The van der Waals surface area contributed by atoms with Gasteiger partial charge in [0, 0.05) is 23.4 Å². The Labute approximate surface area is 151 Å². The normalized spacial score (nSPS) is 16.5. The maximum absolute atomic E-state index is 4.81. The standard InChI is InChI=1S/C19H34N4S/c1-4-20-18(21-11-5-6-12-23-13-7-8-14-23)22-16-19(2,3)17-10-9-15-24-17/h9-10,15H,4-8,11-14,16H2,1-3H3,(H2,20,21,22). The first-order chi connectivity index (χ1) is 11.6. The van der Waals surface area contributed by atoms with Crippen molar-refractivity contribution in [2.45, 2.75) is 51.9 Å². The van der Waals surface area contributed by atoms with E-state index in [2.05, 4.69) is 53.8 Å². The fourth-order valence-electron chi connectivity index (χ4n) is 3.03. The van der Waals surface area contributed by atoms with Crippen LogP contribution in [0.3, 0.4) is 0 Å². The van der Waals surface area contributed by atoms with Crippen LogP contribution >= 0.6 is 11.3 Å². The van der Waals surface area contributed by atoms with E-state index in [4.69, 9.17) is 4.99 Å². The molecule has 0 saturated carbocycles. The number of guanidine groups is 1. The second-order valence-electron chi connectivity index (χ2n) is 7.24. The molecule has 0 radical (unpaired) electrons. The highest BCUT2D eigenvalue weighted by atomic mass is 32.1. The molecule has 1 aromatic heterocycles. The summed E-state index contributed by atoms with van der Waals surface area (Å²) in [6, 6.07) is 4.33. The first-order valence-electron chi connectivity index (χ1n) is 9.40. The fraction of sp³-hybridized carbons (Fsp3) is 0.737. The van der Waals surface area contributed by atoms with Gasteiger partial charge in [0.1, 0.15) is 0 Å². The summed E-state index contributed by atoms with van der Waals surface area (Å²) >= 11 is 1.82. The average Bonchev–Trinajstić information content (AvgIpc) is 3.25. The van der Waals surface area contributed by atoms with Crippen molar-refractivity contribution in [1.82, 2.24) is 15.5 Å². The maximum atomic E-state index is 4.81. The molecule has 0 unspecified atom stereocenters. The minimum Gasteiger partial charge on any atom is -0.357 e. The summed E-state index contributed by atoms with van der Waals surface area (Å²) < 4.78 is 0. The van der Waals surface area contributed by atoms with Gasteiger partial charge in [-0.2, -0.15) is 0 Å². The third-order valence-corrected chi connectivity index (χ3v) is 5.79. The minimum atomic E-state index is 0.0896. The first kappa shape index (κ1) is 19.3. The Balaban J connectivity index is 1.71. The molecule has 0 aliphatic carbocycles. The van der Waals surface area contributed by atoms with Crippen LogP contribution in [0.5, 0.6) is 0 Å². The molecule has 2 N–H and O–H groups in total. The van der Waals surface area contributed by atoms with E-state index < -0.39 is 0 Å². The van der Waals surface area contributed by atoms with Crippen molar-refractivity contribution in [2.75, 3.05) is 39.3 Å². The largest absolute Gasteiger partial charge is 0.357 e. The molecule has 1 fully saturated rings. The van der Waals surface area contributed by atoms with Crippen molar-refractivity contribution in [3.8, 4) is 0 Å². The van der Waals surface area contributed by atoms with Gasteiger partial charge >= 0.3 is 0 Å². The molecule has 5 heteroatoms. The van der Waals surface area contributed by atoms with Crippen LogP contribution in [0.15, 0.2) is 22.5 Å². The van der Waals surface area contributed by atoms with E-state index in [0.717, 1.165) is 25.6 Å². The highest BCUT2D eigenvalue weighted by Crippen LogP contribution is 2.27. The third-order valence-electron chi connectivity index (χ3n) is 4.56. The number of thiophene rings is 1. The Kier molecular flexibility index (Phi) is 8.06. The third kappa shape index (κ3) is 6.44. The summed E-state index contributed by atoms with van der Waals surface area (Å²) in [5.74, 6) is 0.948. The van der Waals surface area contributed by atoms with E-state index in [1.165, 1.54) is 50.2 Å². The molecule has 4 nitrogen and oxygen atoms in total. The number of likely N-dealkylation sites (tertiary alicyclic amines) is 1. The van der Waals surface area contributed by atoms with E-state index in [0.29, 0.717) is 0 Å². The van der Waals surface area contributed by atoms with Gasteiger partial charge in [-0.05, 0) is 63.7 Å². The van der Waals surface area contributed by atoms with Crippen molar-refractivity contribution in [3.63, 3.8) is 0 Å². The van der Waals surface area contributed by atoms with Crippen LogP contribution in [-0.2, 0) is 5.41 Å². The van der Waals surface area contributed by atoms with E-state index in [9.17, 15) is 0 Å². The molecule has 0 bridgehead atoms. The number of aliphatic imine (C=N–C) groups is 1. The van der Waals surface area contributed by atoms with Gasteiger partial charge in [-0.15, -0.1) is 11.3 Å². The Hall–Kier alpha value is -1.07. The molecule has 1 saturated heterocycles. The number of nitrogens with zero attached hydrogens (tertiary/aromatic N) is 2. The van der Waals surface area contributed by atoms with Crippen LogP contribution in [0.1, 0.15) is 51.3 Å². The van der Waals surface area contributed by atoms with Gasteiger partial charge in [-0.25, -0.2) is 0 Å². The lowest BCUT2D eigenvalue weighted by Crippen LogP contribution is -2.39. The van der Waals surface area contributed by atoms with Crippen LogP contribution in [0, 0.1) is 0 Å². The Morgan fingerprint density at radius 3 is 2.71 bits per heavy atom. The van der Waals surface area contributed by atoms with Gasteiger partial charge in [-0.3, -0.25) is 4.99 Å². The molecule has 1 aliphatic heterocycles. The Morgan fingerprint density at radius 1 is 1.25 bits per heavy atom. The van der Waals surface area contributed by atoms with Crippen LogP contribution in [0.2, 0.25) is 0 Å². The minimum absolute atomic E-state index is 0.0896.